The van der Waals surface area contributed by atoms with Gasteiger partial charge in [0.25, 0.3) is 0 Å². The molecule has 106 valence electrons. The Kier molecular flexibility index (Phi) is 4.38. The number of nitrogens with zero attached hydrogens (tertiary/aromatic N) is 1. The van der Waals surface area contributed by atoms with Crippen LogP contribution in [0.5, 0.6) is 0 Å². The zero-order valence-electron chi connectivity index (χ0n) is 12.7. The maximum absolute atomic E-state index is 6.21. The van der Waals surface area contributed by atoms with Crippen LogP contribution in [-0.4, -0.2) is 30.1 Å². The van der Waals surface area contributed by atoms with Gasteiger partial charge in [0.2, 0.25) is 0 Å². The molecule has 2 fully saturated rings. The second-order valence-electron chi connectivity index (χ2n) is 7.48. The normalized spacial score (nSPS) is 26.5. The lowest BCUT2D eigenvalue weighted by Gasteiger charge is -2.50. The summed E-state index contributed by atoms with van der Waals surface area (Å²) in [6.45, 7) is 10.5. The molecule has 2 saturated carbocycles. The van der Waals surface area contributed by atoms with Gasteiger partial charge in [-0.3, -0.25) is 4.90 Å². The third-order valence-corrected chi connectivity index (χ3v) is 5.25. The Balaban J connectivity index is 2.03. The smallest absolute Gasteiger partial charge is 0.0332 e. The average Bonchev–Trinajstić information content (AvgIpc) is 3.14. The number of hydrogen-bond donors (Lipinski definition) is 1. The Labute approximate surface area is 113 Å². The predicted molar refractivity (Wildman–Crippen MR) is 78.6 cm³/mol. The van der Waals surface area contributed by atoms with Gasteiger partial charge >= 0.3 is 0 Å². The highest BCUT2D eigenvalue weighted by molar-refractivity contribution is 4.99. The summed E-state index contributed by atoms with van der Waals surface area (Å²) in [5.41, 5.74) is 7.08. The van der Waals surface area contributed by atoms with Gasteiger partial charge in [0.05, 0.1) is 0 Å². The van der Waals surface area contributed by atoms with Crippen molar-refractivity contribution in [1.82, 2.24) is 4.90 Å². The van der Waals surface area contributed by atoms with E-state index in [1.54, 1.807) is 0 Å². The van der Waals surface area contributed by atoms with Gasteiger partial charge in [-0.15, -0.1) is 0 Å². The van der Waals surface area contributed by atoms with E-state index in [-0.39, 0.29) is 0 Å². The van der Waals surface area contributed by atoms with Gasteiger partial charge < -0.3 is 5.73 Å². The average molecular weight is 252 g/mol. The molecular formula is C16H32N2. The van der Waals surface area contributed by atoms with Crippen molar-refractivity contribution in [3.63, 3.8) is 0 Å². The summed E-state index contributed by atoms with van der Waals surface area (Å²) in [7, 11) is 0. The molecule has 0 aromatic heterocycles. The fourth-order valence-corrected chi connectivity index (χ4v) is 3.45. The fraction of sp³-hybridized carbons (Fsp3) is 1.00. The summed E-state index contributed by atoms with van der Waals surface area (Å²) >= 11 is 0. The molecule has 18 heavy (non-hydrogen) atoms. The lowest BCUT2D eigenvalue weighted by Crippen LogP contribution is -2.57. The molecule has 0 aliphatic heterocycles. The van der Waals surface area contributed by atoms with E-state index in [2.05, 4.69) is 25.7 Å². The fourth-order valence-electron chi connectivity index (χ4n) is 3.45. The van der Waals surface area contributed by atoms with E-state index < -0.39 is 0 Å². The predicted octanol–water partition coefficient (Wildman–Crippen LogP) is 3.41. The van der Waals surface area contributed by atoms with E-state index in [0.29, 0.717) is 11.0 Å². The molecule has 2 nitrogen and oxygen atoms in total. The van der Waals surface area contributed by atoms with Crippen molar-refractivity contribution in [1.29, 1.82) is 0 Å². The van der Waals surface area contributed by atoms with Crippen LogP contribution in [0.2, 0.25) is 0 Å². The second kappa shape index (κ2) is 5.50. The summed E-state index contributed by atoms with van der Waals surface area (Å²) < 4.78 is 0. The first-order valence-electron chi connectivity index (χ1n) is 7.96. The highest BCUT2D eigenvalue weighted by Gasteiger charge is 2.42. The first kappa shape index (κ1) is 14.3. The van der Waals surface area contributed by atoms with E-state index in [4.69, 9.17) is 5.73 Å². The molecule has 2 heteroatoms. The molecule has 2 aliphatic rings. The minimum atomic E-state index is 0.327. The van der Waals surface area contributed by atoms with Crippen molar-refractivity contribution in [2.45, 2.75) is 71.3 Å². The highest BCUT2D eigenvalue weighted by Crippen LogP contribution is 2.44. The number of nitrogens with two attached hydrogens (primary N) is 1. The van der Waals surface area contributed by atoms with E-state index in [1.807, 2.05) is 0 Å². The van der Waals surface area contributed by atoms with Crippen molar-refractivity contribution in [2.24, 2.45) is 17.1 Å². The van der Waals surface area contributed by atoms with Crippen molar-refractivity contribution in [3.05, 3.63) is 0 Å². The molecule has 0 spiro atoms. The minimum absolute atomic E-state index is 0.327. The van der Waals surface area contributed by atoms with Crippen LogP contribution in [-0.2, 0) is 0 Å². The van der Waals surface area contributed by atoms with Gasteiger partial charge in [0.1, 0.15) is 0 Å². The van der Waals surface area contributed by atoms with Gasteiger partial charge in [-0.05, 0) is 62.8 Å². The zero-order valence-corrected chi connectivity index (χ0v) is 12.7. The lowest BCUT2D eigenvalue weighted by molar-refractivity contribution is 0.0195. The van der Waals surface area contributed by atoms with Crippen molar-refractivity contribution in [3.8, 4) is 0 Å². The van der Waals surface area contributed by atoms with Crippen LogP contribution in [0, 0.1) is 11.3 Å². The number of hydrogen-bond acceptors (Lipinski definition) is 2. The summed E-state index contributed by atoms with van der Waals surface area (Å²) in [5.74, 6) is 0.981. The lowest BCUT2D eigenvalue weighted by atomic mass is 9.68. The molecule has 0 aromatic rings. The maximum atomic E-state index is 6.21. The maximum Gasteiger partial charge on any atom is 0.0332 e. The van der Waals surface area contributed by atoms with Gasteiger partial charge in [-0.1, -0.05) is 20.8 Å². The number of rotatable bonds is 6. The molecule has 0 heterocycles. The highest BCUT2D eigenvalue weighted by atomic mass is 15.2. The molecule has 0 bridgehead atoms. The second-order valence-corrected chi connectivity index (χ2v) is 7.48. The van der Waals surface area contributed by atoms with Gasteiger partial charge in [-0.2, -0.15) is 0 Å². The topological polar surface area (TPSA) is 29.3 Å². The third-order valence-electron chi connectivity index (χ3n) is 5.25. The van der Waals surface area contributed by atoms with Crippen molar-refractivity contribution < 1.29 is 0 Å². The first-order valence-corrected chi connectivity index (χ1v) is 7.96. The Morgan fingerprint density at radius 1 is 1.11 bits per heavy atom. The van der Waals surface area contributed by atoms with Gasteiger partial charge in [0.15, 0.2) is 0 Å². The summed E-state index contributed by atoms with van der Waals surface area (Å²) in [5, 5.41) is 0. The molecule has 0 radical (unpaired) electrons. The van der Waals surface area contributed by atoms with E-state index in [1.165, 1.54) is 58.0 Å². The molecule has 2 aliphatic carbocycles. The van der Waals surface area contributed by atoms with Crippen LogP contribution in [0.3, 0.4) is 0 Å². The van der Waals surface area contributed by atoms with E-state index in [0.717, 1.165) is 12.5 Å². The minimum Gasteiger partial charge on any atom is -0.329 e. The monoisotopic (exact) mass is 252 g/mol. The summed E-state index contributed by atoms with van der Waals surface area (Å²) in [6.07, 6.45) is 9.47. The SMILES string of the molecule is CCCN(CC1CC1)C1(CN)CCC(C)(C)CC1. The molecular weight excluding hydrogens is 220 g/mol. The van der Waals surface area contributed by atoms with E-state index >= 15 is 0 Å². The standard InChI is InChI=1S/C16H32N2/c1-4-11-18(12-14-5-6-14)16(13-17)9-7-15(2,3)8-10-16/h14H,4-13,17H2,1-3H3. The summed E-state index contributed by atoms with van der Waals surface area (Å²) in [4.78, 5) is 2.76. The quantitative estimate of drug-likeness (QED) is 0.785. The van der Waals surface area contributed by atoms with Crippen LogP contribution >= 0.6 is 0 Å². The van der Waals surface area contributed by atoms with Crippen molar-refractivity contribution >= 4 is 0 Å². The Morgan fingerprint density at radius 3 is 2.17 bits per heavy atom. The molecule has 0 aromatic carbocycles. The first-order chi connectivity index (χ1) is 8.51. The van der Waals surface area contributed by atoms with Gasteiger partial charge in [-0.25, -0.2) is 0 Å². The van der Waals surface area contributed by atoms with Crippen LogP contribution in [0.1, 0.15) is 65.7 Å². The van der Waals surface area contributed by atoms with Gasteiger partial charge in [0, 0.05) is 18.6 Å². The zero-order chi connectivity index (χ0) is 13.2. The molecule has 0 saturated heterocycles. The Hall–Kier alpha value is -0.0800. The Bertz CT molecular complexity index is 258. The third kappa shape index (κ3) is 3.27. The van der Waals surface area contributed by atoms with Crippen molar-refractivity contribution in [2.75, 3.05) is 19.6 Å². The molecule has 2 rings (SSSR count). The Morgan fingerprint density at radius 2 is 1.72 bits per heavy atom. The molecule has 0 amide bonds. The van der Waals surface area contributed by atoms with E-state index in [9.17, 15) is 0 Å². The van der Waals surface area contributed by atoms with Crippen LogP contribution < -0.4 is 5.73 Å². The van der Waals surface area contributed by atoms with Crippen LogP contribution in [0.15, 0.2) is 0 Å². The summed E-state index contributed by atoms with van der Waals surface area (Å²) in [6, 6.07) is 0. The van der Waals surface area contributed by atoms with Crippen LogP contribution in [0.25, 0.3) is 0 Å². The van der Waals surface area contributed by atoms with Crippen LogP contribution in [0.4, 0.5) is 0 Å². The largest absolute Gasteiger partial charge is 0.329 e. The molecule has 0 unspecified atom stereocenters. The molecule has 0 atom stereocenters. The molecule has 2 N–H and O–H groups in total.